The van der Waals surface area contributed by atoms with Gasteiger partial charge in [-0.1, -0.05) is 27.7 Å². The van der Waals surface area contributed by atoms with Crippen molar-refractivity contribution in [2.45, 2.75) is 52.9 Å². The van der Waals surface area contributed by atoms with Crippen molar-refractivity contribution < 1.29 is 33.6 Å². The lowest BCUT2D eigenvalue weighted by Crippen LogP contribution is -2.69. The molecule has 0 saturated heterocycles. The topological polar surface area (TPSA) is 91.3 Å². The van der Waals surface area contributed by atoms with Crippen molar-refractivity contribution in [1.29, 1.82) is 0 Å². The molecule has 0 radical (unpaired) electrons. The summed E-state index contributed by atoms with van der Waals surface area (Å²) in [7, 11) is 1.62. The van der Waals surface area contributed by atoms with Gasteiger partial charge in [-0.2, -0.15) is 0 Å². The van der Waals surface area contributed by atoms with E-state index >= 15 is 0 Å². The van der Waals surface area contributed by atoms with E-state index in [9.17, 15) is 14.7 Å². The van der Waals surface area contributed by atoms with Crippen molar-refractivity contribution >= 4 is 11.9 Å². The average molecular weight is 457 g/mol. The van der Waals surface area contributed by atoms with E-state index in [2.05, 4.69) is 0 Å². The Bertz CT molecular complexity index is 961. The molecule has 1 aliphatic rings. The van der Waals surface area contributed by atoms with Gasteiger partial charge in [-0.25, -0.2) is 9.59 Å². The van der Waals surface area contributed by atoms with Crippen molar-refractivity contribution in [3.63, 3.8) is 0 Å². The molecule has 0 bridgehead atoms. The molecule has 2 aromatic rings. The molecule has 7 nitrogen and oxygen atoms in total. The normalized spacial score (nSPS) is 21.4. The van der Waals surface area contributed by atoms with Crippen LogP contribution in [0.1, 0.15) is 55.3 Å². The second kappa shape index (κ2) is 9.43. The van der Waals surface area contributed by atoms with Crippen LogP contribution in [0.5, 0.6) is 11.5 Å². The van der Waals surface area contributed by atoms with Crippen molar-refractivity contribution in [2.24, 2.45) is 10.8 Å². The van der Waals surface area contributed by atoms with E-state index in [1.807, 2.05) is 34.6 Å². The molecule has 0 heterocycles. The highest BCUT2D eigenvalue weighted by molar-refractivity contribution is 5.90. The predicted molar refractivity (Wildman–Crippen MR) is 122 cm³/mol. The van der Waals surface area contributed by atoms with Gasteiger partial charge >= 0.3 is 11.9 Å². The van der Waals surface area contributed by atoms with Crippen LogP contribution in [0, 0.1) is 10.8 Å². The molecule has 0 aromatic heterocycles. The fourth-order valence-electron chi connectivity index (χ4n) is 4.62. The number of aromatic hydroxyl groups is 1. The standard InChI is InChI=1S/C26H32O7/c1-16(30-6)15-31-20-13-9-18(10-14-20)22(29)33-24-25(2,3)23(26(24,4)5)32-21(28)17-7-11-19(27)12-8-17/h7-14,16,23-24,27H,15H2,1-6H3. The lowest BCUT2D eigenvalue weighted by molar-refractivity contribution is -0.246. The molecule has 0 aliphatic heterocycles. The number of esters is 2. The number of rotatable bonds is 8. The zero-order valence-corrected chi connectivity index (χ0v) is 20.0. The Morgan fingerprint density at radius 3 is 1.70 bits per heavy atom. The molecule has 1 atom stereocenters. The molecular weight excluding hydrogens is 424 g/mol. The van der Waals surface area contributed by atoms with Crippen LogP contribution in [0.2, 0.25) is 0 Å². The van der Waals surface area contributed by atoms with E-state index in [0.29, 0.717) is 23.5 Å². The maximum Gasteiger partial charge on any atom is 0.338 e. The van der Waals surface area contributed by atoms with Crippen molar-refractivity contribution in [2.75, 3.05) is 13.7 Å². The molecule has 33 heavy (non-hydrogen) atoms. The Kier molecular flexibility index (Phi) is 7.03. The summed E-state index contributed by atoms with van der Waals surface area (Å²) in [5, 5.41) is 9.42. The quantitative estimate of drug-likeness (QED) is 0.580. The van der Waals surface area contributed by atoms with Crippen molar-refractivity contribution in [3.05, 3.63) is 59.7 Å². The highest BCUT2D eigenvalue weighted by Gasteiger charge is 2.66. The molecule has 1 saturated carbocycles. The van der Waals surface area contributed by atoms with Crippen LogP contribution in [0.3, 0.4) is 0 Å². The van der Waals surface area contributed by atoms with Crippen LogP contribution in [-0.4, -0.2) is 49.1 Å². The van der Waals surface area contributed by atoms with Crippen molar-refractivity contribution in [3.8, 4) is 11.5 Å². The van der Waals surface area contributed by atoms with Gasteiger partial charge in [0, 0.05) is 17.9 Å². The number of carbonyl (C=O) groups excluding carboxylic acids is 2. The first-order chi connectivity index (χ1) is 15.5. The summed E-state index contributed by atoms with van der Waals surface area (Å²) < 4.78 is 22.4. The monoisotopic (exact) mass is 456 g/mol. The molecule has 1 fully saturated rings. The summed E-state index contributed by atoms with van der Waals surface area (Å²) in [6, 6.07) is 12.7. The third kappa shape index (κ3) is 5.14. The molecule has 3 rings (SSSR count). The first kappa shape index (κ1) is 24.6. The summed E-state index contributed by atoms with van der Waals surface area (Å²) in [6.45, 7) is 9.98. The number of methoxy groups -OCH3 is 1. The zero-order valence-electron chi connectivity index (χ0n) is 20.0. The second-order valence-electron chi connectivity index (χ2n) is 9.64. The van der Waals surface area contributed by atoms with Gasteiger partial charge in [0.15, 0.2) is 0 Å². The number of benzene rings is 2. The van der Waals surface area contributed by atoms with E-state index in [0.717, 1.165) is 0 Å². The fourth-order valence-corrected chi connectivity index (χ4v) is 4.62. The number of hydrogen-bond donors (Lipinski definition) is 1. The summed E-state index contributed by atoms with van der Waals surface area (Å²) in [5.74, 6) is -0.210. The van der Waals surface area contributed by atoms with E-state index in [1.54, 1.807) is 31.4 Å². The third-order valence-electron chi connectivity index (χ3n) is 6.23. The Labute approximate surface area is 194 Å². The first-order valence-corrected chi connectivity index (χ1v) is 10.9. The Balaban J connectivity index is 1.63. The minimum absolute atomic E-state index is 0.0335. The second-order valence-corrected chi connectivity index (χ2v) is 9.64. The fraction of sp³-hybridized carbons (Fsp3) is 0.462. The maximum atomic E-state index is 12.8. The van der Waals surface area contributed by atoms with Gasteiger partial charge in [-0.3, -0.25) is 0 Å². The molecule has 0 spiro atoms. The highest BCUT2D eigenvalue weighted by atomic mass is 16.6. The van der Waals surface area contributed by atoms with E-state index in [1.165, 1.54) is 24.3 Å². The summed E-state index contributed by atoms with van der Waals surface area (Å²) in [6.07, 6.45) is -0.940. The van der Waals surface area contributed by atoms with Gasteiger partial charge in [0.05, 0.1) is 17.2 Å². The molecule has 1 aliphatic carbocycles. The van der Waals surface area contributed by atoms with Crippen LogP contribution < -0.4 is 4.74 Å². The van der Waals surface area contributed by atoms with Crippen LogP contribution in [0.25, 0.3) is 0 Å². The van der Waals surface area contributed by atoms with Gasteiger partial charge in [0.1, 0.15) is 30.3 Å². The largest absolute Gasteiger partial charge is 0.508 e. The highest BCUT2D eigenvalue weighted by Crippen LogP contribution is 2.57. The van der Waals surface area contributed by atoms with Gasteiger partial charge in [-0.05, 0) is 55.5 Å². The van der Waals surface area contributed by atoms with Crippen LogP contribution >= 0.6 is 0 Å². The molecule has 1 N–H and O–H groups in total. The minimum Gasteiger partial charge on any atom is -0.508 e. The smallest absolute Gasteiger partial charge is 0.338 e. The van der Waals surface area contributed by atoms with E-state index in [-0.39, 0.29) is 11.9 Å². The van der Waals surface area contributed by atoms with Crippen molar-refractivity contribution in [1.82, 2.24) is 0 Å². The van der Waals surface area contributed by atoms with E-state index in [4.69, 9.17) is 18.9 Å². The SMILES string of the molecule is COC(C)COc1ccc(C(=O)OC2C(C)(C)C(OC(=O)c3ccc(O)cc3)C2(C)C)cc1. The van der Waals surface area contributed by atoms with E-state index < -0.39 is 35.0 Å². The van der Waals surface area contributed by atoms with Gasteiger partial charge in [-0.15, -0.1) is 0 Å². The zero-order chi connectivity index (χ0) is 24.4. The molecule has 1 unspecified atom stereocenters. The number of ether oxygens (including phenoxy) is 4. The number of carbonyl (C=O) groups is 2. The Hall–Kier alpha value is -3.06. The minimum atomic E-state index is -0.578. The molecule has 0 amide bonds. The Morgan fingerprint density at radius 1 is 0.848 bits per heavy atom. The van der Waals surface area contributed by atoms with Gasteiger partial charge in [0.25, 0.3) is 0 Å². The van der Waals surface area contributed by atoms with Crippen LogP contribution in [0.4, 0.5) is 0 Å². The van der Waals surface area contributed by atoms with Gasteiger partial charge < -0.3 is 24.1 Å². The maximum absolute atomic E-state index is 12.8. The third-order valence-corrected chi connectivity index (χ3v) is 6.23. The first-order valence-electron chi connectivity index (χ1n) is 10.9. The van der Waals surface area contributed by atoms with Crippen LogP contribution in [-0.2, 0) is 14.2 Å². The molecule has 7 heteroatoms. The lowest BCUT2D eigenvalue weighted by Gasteiger charge is -2.61. The van der Waals surface area contributed by atoms with Crippen LogP contribution in [0.15, 0.2) is 48.5 Å². The van der Waals surface area contributed by atoms with Gasteiger partial charge in [0.2, 0.25) is 0 Å². The molecular formula is C26H32O7. The molecule has 178 valence electrons. The molecule has 2 aromatic carbocycles. The average Bonchev–Trinajstić information content (AvgIpc) is 2.79. The number of phenolic OH excluding ortho intramolecular Hbond substituents is 1. The number of hydrogen-bond acceptors (Lipinski definition) is 7. The number of phenols is 1. The summed E-state index contributed by atoms with van der Waals surface area (Å²) >= 11 is 0. The summed E-state index contributed by atoms with van der Waals surface area (Å²) in [4.78, 5) is 25.4. The predicted octanol–water partition coefficient (Wildman–Crippen LogP) is 4.62. The summed E-state index contributed by atoms with van der Waals surface area (Å²) in [5.41, 5.74) is -0.392. The lowest BCUT2D eigenvalue weighted by atomic mass is 9.51. The Morgan fingerprint density at radius 2 is 1.27 bits per heavy atom.